The van der Waals surface area contributed by atoms with Crippen molar-refractivity contribution in [3.05, 3.63) is 94.2 Å². The number of ketones is 1. The summed E-state index contributed by atoms with van der Waals surface area (Å²) < 4.78 is 6.78. The van der Waals surface area contributed by atoms with Gasteiger partial charge in [-0.1, -0.05) is 59.6 Å². The number of carbonyl (C=O) groups excluding carboxylic acids is 1. The van der Waals surface area contributed by atoms with Gasteiger partial charge in [-0.25, -0.2) is 0 Å². The fraction of sp³-hybridized carbons (Fsp3) is 0.208. The summed E-state index contributed by atoms with van der Waals surface area (Å²) in [6.07, 6.45) is 9.63. The molecule has 0 aliphatic rings. The lowest BCUT2D eigenvalue weighted by Crippen LogP contribution is -2.24. The number of allylic oxidation sites excluding steroid dienone is 3. The van der Waals surface area contributed by atoms with Crippen molar-refractivity contribution in [1.29, 1.82) is 0 Å². The SMILES string of the molecule is C=C/C(=C/C)N(/C=C/CCC)CC(=O)c1ccc(Oc2ccc(Br)cc2)cc1Cl. The largest absolute Gasteiger partial charge is 0.457 e. The van der Waals surface area contributed by atoms with Crippen LogP contribution in [0, 0.1) is 0 Å². The van der Waals surface area contributed by atoms with Gasteiger partial charge in [0.05, 0.1) is 11.6 Å². The molecule has 2 aromatic carbocycles. The monoisotopic (exact) mass is 473 g/mol. The highest BCUT2D eigenvalue weighted by molar-refractivity contribution is 9.10. The van der Waals surface area contributed by atoms with Crippen LogP contribution < -0.4 is 4.74 Å². The lowest BCUT2D eigenvalue weighted by atomic mass is 10.1. The number of hydrogen-bond donors (Lipinski definition) is 0. The van der Waals surface area contributed by atoms with Crippen LogP contribution in [0.3, 0.4) is 0 Å². The molecule has 0 unspecified atom stereocenters. The van der Waals surface area contributed by atoms with Gasteiger partial charge >= 0.3 is 0 Å². The Hall–Kier alpha value is -2.30. The van der Waals surface area contributed by atoms with Crippen LogP contribution in [0.15, 0.2) is 83.6 Å². The van der Waals surface area contributed by atoms with E-state index < -0.39 is 0 Å². The van der Waals surface area contributed by atoms with Gasteiger partial charge in [-0.3, -0.25) is 4.79 Å². The van der Waals surface area contributed by atoms with Crippen LogP contribution in [0.25, 0.3) is 0 Å². The van der Waals surface area contributed by atoms with Gasteiger partial charge in [0, 0.05) is 28.0 Å². The molecule has 29 heavy (non-hydrogen) atoms. The lowest BCUT2D eigenvalue weighted by Gasteiger charge is -2.21. The predicted molar refractivity (Wildman–Crippen MR) is 125 cm³/mol. The maximum absolute atomic E-state index is 12.9. The zero-order valence-electron chi connectivity index (χ0n) is 16.7. The molecule has 3 nitrogen and oxygen atoms in total. The van der Waals surface area contributed by atoms with Crippen molar-refractivity contribution in [2.75, 3.05) is 6.54 Å². The first-order chi connectivity index (χ1) is 14.0. The fourth-order valence-corrected chi connectivity index (χ4v) is 3.20. The number of benzene rings is 2. The zero-order chi connectivity index (χ0) is 21.2. The molecule has 0 N–H and O–H groups in total. The van der Waals surface area contributed by atoms with E-state index in [1.54, 1.807) is 24.3 Å². The Bertz CT molecular complexity index is 904. The van der Waals surface area contributed by atoms with Gasteiger partial charge < -0.3 is 9.64 Å². The van der Waals surface area contributed by atoms with Crippen LogP contribution in [-0.2, 0) is 0 Å². The number of halogens is 2. The Morgan fingerprint density at radius 3 is 2.48 bits per heavy atom. The summed E-state index contributed by atoms with van der Waals surface area (Å²) in [5.41, 5.74) is 1.33. The highest BCUT2D eigenvalue weighted by Crippen LogP contribution is 2.28. The van der Waals surface area contributed by atoms with Gasteiger partial charge in [0.25, 0.3) is 0 Å². The van der Waals surface area contributed by atoms with Crippen LogP contribution >= 0.6 is 27.5 Å². The van der Waals surface area contributed by atoms with E-state index in [2.05, 4.69) is 35.5 Å². The molecule has 0 bridgehead atoms. The Morgan fingerprint density at radius 2 is 1.90 bits per heavy atom. The molecule has 0 radical (unpaired) electrons. The van der Waals surface area contributed by atoms with E-state index in [1.807, 2.05) is 48.4 Å². The molecule has 0 heterocycles. The molecular formula is C24H25BrClNO2. The molecule has 2 aromatic rings. The summed E-state index contributed by atoms with van der Waals surface area (Å²) in [5, 5.41) is 0.364. The molecule has 0 fully saturated rings. The van der Waals surface area contributed by atoms with Crippen molar-refractivity contribution < 1.29 is 9.53 Å². The highest BCUT2D eigenvalue weighted by Gasteiger charge is 2.15. The average molecular weight is 475 g/mol. The fourth-order valence-electron chi connectivity index (χ4n) is 2.66. The summed E-state index contributed by atoms with van der Waals surface area (Å²) in [6.45, 7) is 8.05. The normalized spacial score (nSPS) is 11.5. The van der Waals surface area contributed by atoms with E-state index in [-0.39, 0.29) is 12.3 Å². The van der Waals surface area contributed by atoms with Crippen LogP contribution in [0.1, 0.15) is 37.0 Å². The van der Waals surface area contributed by atoms with Crippen molar-refractivity contribution in [2.45, 2.75) is 26.7 Å². The van der Waals surface area contributed by atoms with Crippen molar-refractivity contribution in [3.8, 4) is 11.5 Å². The Morgan fingerprint density at radius 1 is 1.21 bits per heavy atom. The van der Waals surface area contributed by atoms with E-state index in [0.717, 1.165) is 23.0 Å². The molecule has 2 rings (SSSR count). The van der Waals surface area contributed by atoms with E-state index in [9.17, 15) is 4.79 Å². The van der Waals surface area contributed by atoms with E-state index in [0.29, 0.717) is 22.1 Å². The van der Waals surface area contributed by atoms with Crippen molar-refractivity contribution in [2.24, 2.45) is 0 Å². The molecule has 0 atom stereocenters. The van der Waals surface area contributed by atoms with Crippen molar-refractivity contribution in [3.63, 3.8) is 0 Å². The molecular weight excluding hydrogens is 450 g/mol. The molecule has 0 spiro atoms. The molecule has 5 heteroatoms. The summed E-state index contributed by atoms with van der Waals surface area (Å²) in [5.74, 6) is 1.20. The third-order valence-corrected chi connectivity index (χ3v) is 5.02. The molecule has 0 amide bonds. The second-order valence-electron chi connectivity index (χ2n) is 6.34. The smallest absolute Gasteiger partial charge is 0.183 e. The number of ether oxygens (including phenoxy) is 1. The summed E-state index contributed by atoms with van der Waals surface area (Å²) >= 11 is 9.79. The number of rotatable bonds is 10. The zero-order valence-corrected chi connectivity index (χ0v) is 19.0. The quantitative estimate of drug-likeness (QED) is 0.260. The number of nitrogens with zero attached hydrogens (tertiary/aromatic N) is 1. The first-order valence-corrected chi connectivity index (χ1v) is 10.6. The Labute approximate surface area is 186 Å². The number of hydrogen-bond acceptors (Lipinski definition) is 3. The van der Waals surface area contributed by atoms with Crippen molar-refractivity contribution in [1.82, 2.24) is 4.90 Å². The lowest BCUT2D eigenvalue weighted by molar-refractivity contribution is 0.0967. The maximum atomic E-state index is 12.9. The molecule has 152 valence electrons. The first-order valence-electron chi connectivity index (χ1n) is 9.46. The minimum absolute atomic E-state index is 0.0764. The predicted octanol–water partition coefficient (Wildman–Crippen LogP) is 7.78. The number of carbonyl (C=O) groups is 1. The van der Waals surface area contributed by atoms with Crippen LogP contribution in [0.2, 0.25) is 5.02 Å². The van der Waals surface area contributed by atoms with E-state index in [4.69, 9.17) is 16.3 Å². The summed E-state index contributed by atoms with van der Waals surface area (Å²) in [4.78, 5) is 14.8. The van der Waals surface area contributed by atoms with Crippen LogP contribution in [0.5, 0.6) is 11.5 Å². The highest BCUT2D eigenvalue weighted by atomic mass is 79.9. The minimum Gasteiger partial charge on any atom is -0.457 e. The second kappa shape index (κ2) is 11.6. The minimum atomic E-state index is -0.0764. The standard InChI is InChI=1S/C24H25BrClNO2/c1-4-7-8-15-27(19(5-2)6-3)17-24(28)22-14-13-21(16-23(22)26)29-20-11-9-18(25)10-12-20/h5-6,8-16H,2,4,7,17H2,1,3H3/b15-8+,19-6-. The molecule has 0 saturated carbocycles. The summed E-state index contributed by atoms with van der Waals surface area (Å²) in [6, 6.07) is 12.6. The van der Waals surface area contributed by atoms with E-state index >= 15 is 0 Å². The van der Waals surface area contributed by atoms with Crippen LogP contribution in [-0.4, -0.2) is 17.2 Å². The van der Waals surface area contributed by atoms with Crippen molar-refractivity contribution >= 4 is 33.3 Å². The third kappa shape index (κ3) is 6.91. The third-order valence-electron chi connectivity index (χ3n) is 4.18. The maximum Gasteiger partial charge on any atom is 0.183 e. The average Bonchev–Trinajstić information content (AvgIpc) is 2.70. The topological polar surface area (TPSA) is 29.5 Å². The van der Waals surface area contributed by atoms with Gasteiger partial charge in [0.1, 0.15) is 11.5 Å². The van der Waals surface area contributed by atoms with Gasteiger partial charge in [0.15, 0.2) is 5.78 Å². The molecule has 0 saturated heterocycles. The van der Waals surface area contributed by atoms with Gasteiger partial charge in [0.2, 0.25) is 0 Å². The van der Waals surface area contributed by atoms with E-state index in [1.165, 1.54) is 0 Å². The summed E-state index contributed by atoms with van der Waals surface area (Å²) in [7, 11) is 0. The number of unbranched alkanes of at least 4 members (excludes halogenated alkanes) is 1. The van der Waals surface area contributed by atoms with Crippen LogP contribution in [0.4, 0.5) is 0 Å². The Kier molecular flexibility index (Phi) is 9.23. The van der Waals surface area contributed by atoms with Gasteiger partial charge in [-0.15, -0.1) is 0 Å². The van der Waals surface area contributed by atoms with Gasteiger partial charge in [-0.05, 0) is 55.8 Å². The molecule has 0 aliphatic heterocycles. The molecule has 0 aromatic heterocycles. The second-order valence-corrected chi connectivity index (χ2v) is 7.66. The first kappa shape index (κ1) is 23.0. The number of Topliss-reactive ketones (excluding diaryl/α,β-unsaturated/α-hetero) is 1. The Balaban J connectivity index is 2.16. The van der Waals surface area contributed by atoms with Gasteiger partial charge in [-0.2, -0.15) is 0 Å². The molecule has 0 aliphatic carbocycles.